The molecule has 2 heteroatoms. The molecular formula is C19H20N2. The molecule has 2 nitrogen and oxygen atoms in total. The first-order valence-corrected chi connectivity index (χ1v) is 7.61. The molecule has 0 bridgehead atoms. The summed E-state index contributed by atoms with van der Waals surface area (Å²) in [7, 11) is 0. The quantitative estimate of drug-likeness (QED) is 0.598. The molecule has 1 aliphatic carbocycles. The summed E-state index contributed by atoms with van der Waals surface area (Å²) in [5, 5.41) is 3.75. The maximum atomic E-state index is 5.82. The maximum absolute atomic E-state index is 5.82. The van der Waals surface area contributed by atoms with Gasteiger partial charge in [0.15, 0.2) is 0 Å². The van der Waals surface area contributed by atoms with E-state index in [1.165, 1.54) is 22.4 Å². The van der Waals surface area contributed by atoms with Gasteiger partial charge in [0.25, 0.3) is 0 Å². The summed E-state index contributed by atoms with van der Waals surface area (Å²) >= 11 is 0. The predicted octanol–water partition coefficient (Wildman–Crippen LogP) is 4.40. The van der Waals surface area contributed by atoms with Gasteiger partial charge in [-0.3, -0.25) is 0 Å². The van der Waals surface area contributed by atoms with E-state index < -0.39 is 0 Å². The molecule has 4 rings (SSSR count). The summed E-state index contributed by atoms with van der Waals surface area (Å²) in [6, 6.07) is 15.4. The summed E-state index contributed by atoms with van der Waals surface area (Å²) < 4.78 is 0. The van der Waals surface area contributed by atoms with Gasteiger partial charge >= 0.3 is 0 Å². The van der Waals surface area contributed by atoms with Crippen molar-refractivity contribution in [3.63, 3.8) is 0 Å². The molecule has 0 saturated heterocycles. The molecular weight excluding hydrogens is 256 g/mol. The van der Waals surface area contributed by atoms with E-state index in [9.17, 15) is 0 Å². The van der Waals surface area contributed by atoms with Gasteiger partial charge in [0.1, 0.15) is 0 Å². The van der Waals surface area contributed by atoms with Gasteiger partial charge < -0.3 is 11.1 Å². The number of nitrogen functional groups attached to an aromatic ring is 1. The first-order valence-electron chi connectivity index (χ1n) is 7.61. The lowest BCUT2D eigenvalue weighted by Crippen LogP contribution is -2.29. The first-order chi connectivity index (χ1) is 10.2. The highest BCUT2D eigenvalue weighted by atomic mass is 15.0. The highest BCUT2D eigenvalue weighted by Gasteiger charge is 2.37. The van der Waals surface area contributed by atoms with Crippen molar-refractivity contribution >= 4 is 11.4 Å². The van der Waals surface area contributed by atoms with Crippen LogP contribution in [-0.4, -0.2) is 0 Å². The molecule has 0 radical (unpaired) electrons. The van der Waals surface area contributed by atoms with Crippen LogP contribution in [0.3, 0.4) is 0 Å². The molecule has 3 atom stereocenters. The van der Waals surface area contributed by atoms with Crippen LogP contribution < -0.4 is 11.1 Å². The van der Waals surface area contributed by atoms with E-state index in [2.05, 4.69) is 54.7 Å². The van der Waals surface area contributed by atoms with Crippen molar-refractivity contribution in [3.05, 3.63) is 71.3 Å². The normalized spacial score (nSPS) is 26.0. The Morgan fingerprint density at radius 1 is 1.10 bits per heavy atom. The van der Waals surface area contributed by atoms with E-state index >= 15 is 0 Å². The number of anilines is 2. The average molecular weight is 276 g/mol. The van der Waals surface area contributed by atoms with Crippen LogP contribution in [0.4, 0.5) is 11.4 Å². The van der Waals surface area contributed by atoms with Gasteiger partial charge in [-0.05, 0) is 48.6 Å². The van der Waals surface area contributed by atoms with Crippen molar-refractivity contribution in [2.24, 2.45) is 5.92 Å². The Morgan fingerprint density at radius 2 is 1.90 bits per heavy atom. The number of fused-ring (bicyclic) bond motifs is 3. The van der Waals surface area contributed by atoms with Crippen molar-refractivity contribution < 1.29 is 0 Å². The molecule has 106 valence electrons. The van der Waals surface area contributed by atoms with Crippen LogP contribution in [-0.2, 0) is 0 Å². The summed E-state index contributed by atoms with van der Waals surface area (Å²) in [6.45, 7) is 2.17. The molecule has 0 fully saturated rings. The fourth-order valence-corrected chi connectivity index (χ4v) is 3.75. The summed E-state index contributed by atoms with van der Waals surface area (Å²) in [5.74, 6) is 1.13. The Hall–Kier alpha value is -2.22. The van der Waals surface area contributed by atoms with Gasteiger partial charge in [-0.1, -0.05) is 42.0 Å². The van der Waals surface area contributed by atoms with Gasteiger partial charge in [-0.2, -0.15) is 0 Å². The Balaban J connectivity index is 1.78. The Bertz CT molecular complexity index is 700. The second-order valence-corrected chi connectivity index (χ2v) is 6.23. The zero-order valence-corrected chi connectivity index (χ0v) is 12.2. The number of aryl methyl sites for hydroxylation is 1. The Kier molecular flexibility index (Phi) is 2.78. The number of benzene rings is 2. The number of hydrogen-bond donors (Lipinski definition) is 2. The molecule has 1 aliphatic heterocycles. The standard InChI is InChI=1S/C19H20N2/c1-12-5-10-18-17(11-12)15-3-2-4-16(15)19(21-18)13-6-8-14(20)9-7-13/h2-3,5-11,15-16,19,21H,4,20H2,1H3. The summed E-state index contributed by atoms with van der Waals surface area (Å²) in [4.78, 5) is 0. The highest BCUT2D eigenvalue weighted by molar-refractivity contribution is 5.61. The number of rotatable bonds is 1. The van der Waals surface area contributed by atoms with Crippen molar-refractivity contribution in [3.8, 4) is 0 Å². The number of hydrogen-bond acceptors (Lipinski definition) is 2. The SMILES string of the molecule is Cc1ccc2c(c1)C1C=CCC1C(c1ccc(N)cc1)N2. The molecule has 0 spiro atoms. The van der Waals surface area contributed by atoms with Gasteiger partial charge in [0, 0.05) is 17.3 Å². The molecule has 2 aromatic rings. The zero-order chi connectivity index (χ0) is 14.4. The molecule has 2 aromatic carbocycles. The van der Waals surface area contributed by atoms with Gasteiger partial charge in [-0.25, -0.2) is 0 Å². The van der Waals surface area contributed by atoms with Crippen molar-refractivity contribution in [2.45, 2.75) is 25.3 Å². The minimum absolute atomic E-state index is 0.362. The lowest BCUT2D eigenvalue weighted by Gasteiger charge is -2.37. The number of nitrogens with one attached hydrogen (secondary N) is 1. The smallest absolute Gasteiger partial charge is 0.0553 e. The maximum Gasteiger partial charge on any atom is 0.0553 e. The van der Waals surface area contributed by atoms with E-state index in [1.807, 2.05) is 12.1 Å². The largest absolute Gasteiger partial charge is 0.399 e. The van der Waals surface area contributed by atoms with Crippen molar-refractivity contribution in [1.29, 1.82) is 0 Å². The second kappa shape index (κ2) is 4.66. The van der Waals surface area contributed by atoms with Gasteiger partial charge in [-0.15, -0.1) is 0 Å². The molecule has 21 heavy (non-hydrogen) atoms. The monoisotopic (exact) mass is 276 g/mol. The van der Waals surface area contributed by atoms with Crippen LogP contribution >= 0.6 is 0 Å². The molecule has 3 unspecified atom stereocenters. The molecule has 0 amide bonds. The van der Waals surface area contributed by atoms with Crippen LogP contribution in [0.2, 0.25) is 0 Å². The predicted molar refractivity (Wildman–Crippen MR) is 88.4 cm³/mol. The third kappa shape index (κ3) is 2.02. The third-order valence-corrected chi connectivity index (χ3v) is 4.81. The van der Waals surface area contributed by atoms with E-state index in [1.54, 1.807) is 0 Å². The van der Waals surface area contributed by atoms with Gasteiger partial charge in [0.05, 0.1) is 6.04 Å². The van der Waals surface area contributed by atoms with E-state index in [-0.39, 0.29) is 0 Å². The minimum atomic E-state index is 0.362. The third-order valence-electron chi connectivity index (χ3n) is 4.81. The van der Waals surface area contributed by atoms with Crippen LogP contribution in [0.25, 0.3) is 0 Å². The van der Waals surface area contributed by atoms with Crippen molar-refractivity contribution in [2.75, 3.05) is 11.1 Å². The van der Waals surface area contributed by atoms with Crippen LogP contribution in [0.5, 0.6) is 0 Å². The molecule has 0 aromatic heterocycles. The van der Waals surface area contributed by atoms with Crippen LogP contribution in [0.15, 0.2) is 54.6 Å². The topological polar surface area (TPSA) is 38.0 Å². The Morgan fingerprint density at radius 3 is 2.71 bits per heavy atom. The molecule has 0 saturated carbocycles. The minimum Gasteiger partial charge on any atom is -0.399 e. The summed E-state index contributed by atoms with van der Waals surface area (Å²) in [5.41, 5.74) is 12.0. The fourth-order valence-electron chi connectivity index (χ4n) is 3.75. The van der Waals surface area contributed by atoms with E-state index in [4.69, 9.17) is 5.73 Å². The van der Waals surface area contributed by atoms with Crippen LogP contribution in [0, 0.1) is 12.8 Å². The van der Waals surface area contributed by atoms with Gasteiger partial charge in [0.2, 0.25) is 0 Å². The Labute approximate surface area is 125 Å². The van der Waals surface area contributed by atoms with Crippen LogP contribution in [0.1, 0.15) is 35.1 Å². The van der Waals surface area contributed by atoms with E-state index in [0.717, 1.165) is 12.1 Å². The zero-order valence-electron chi connectivity index (χ0n) is 12.2. The lowest BCUT2D eigenvalue weighted by atomic mass is 9.76. The van der Waals surface area contributed by atoms with E-state index in [0.29, 0.717) is 17.9 Å². The number of nitrogens with two attached hydrogens (primary N) is 1. The first kappa shape index (κ1) is 12.5. The molecule has 2 aliphatic rings. The molecule has 3 N–H and O–H groups in total. The molecule has 1 heterocycles. The lowest BCUT2D eigenvalue weighted by molar-refractivity contribution is 0.425. The highest BCUT2D eigenvalue weighted by Crippen LogP contribution is 2.49. The average Bonchev–Trinajstić information content (AvgIpc) is 2.97. The second-order valence-electron chi connectivity index (χ2n) is 6.23. The summed E-state index contributed by atoms with van der Waals surface area (Å²) in [6.07, 6.45) is 5.85. The van der Waals surface area contributed by atoms with Crippen molar-refractivity contribution in [1.82, 2.24) is 0 Å². The fraction of sp³-hybridized carbons (Fsp3) is 0.263. The number of allylic oxidation sites excluding steroid dienone is 2.